The minimum atomic E-state index is -0.366. The fourth-order valence-electron chi connectivity index (χ4n) is 3.88. The van der Waals surface area contributed by atoms with Crippen molar-refractivity contribution in [2.75, 3.05) is 19.5 Å². The van der Waals surface area contributed by atoms with Gasteiger partial charge in [0.05, 0.1) is 26.1 Å². The molecule has 2 heterocycles. The van der Waals surface area contributed by atoms with Crippen molar-refractivity contribution < 1.29 is 18.7 Å². The molecule has 30 heavy (non-hydrogen) atoms. The molecule has 0 fully saturated rings. The fraction of sp³-hybridized carbons (Fsp3) is 0.286. The highest BCUT2D eigenvalue weighted by Crippen LogP contribution is 2.40. The highest BCUT2D eigenvalue weighted by atomic mass is 19.1. The number of amides is 1. The van der Waals surface area contributed by atoms with Gasteiger partial charge >= 0.3 is 0 Å². The molecule has 8 nitrogen and oxygen atoms in total. The molecule has 1 aromatic carbocycles. The largest absolute Gasteiger partial charge is 0.497 e. The Morgan fingerprint density at radius 2 is 2.17 bits per heavy atom. The second-order valence-corrected chi connectivity index (χ2v) is 7.05. The van der Waals surface area contributed by atoms with E-state index in [-0.39, 0.29) is 23.4 Å². The molecule has 1 aliphatic rings. The van der Waals surface area contributed by atoms with Gasteiger partial charge in [0, 0.05) is 17.3 Å². The predicted molar refractivity (Wildman–Crippen MR) is 109 cm³/mol. The molecule has 4 rings (SSSR count). The van der Waals surface area contributed by atoms with Crippen LogP contribution < -0.4 is 14.8 Å². The van der Waals surface area contributed by atoms with Crippen LogP contribution in [-0.2, 0) is 17.6 Å². The lowest BCUT2D eigenvalue weighted by Crippen LogP contribution is -2.14. The van der Waals surface area contributed by atoms with Gasteiger partial charge in [-0.1, -0.05) is 6.58 Å². The maximum Gasteiger partial charge on any atom is 0.247 e. The molecule has 3 aromatic rings. The number of fused-ring (bicyclic) bond motifs is 1. The second-order valence-electron chi connectivity index (χ2n) is 7.05. The average molecular weight is 411 g/mol. The summed E-state index contributed by atoms with van der Waals surface area (Å²) < 4.78 is 25.4. The molecule has 0 radical (unpaired) electrons. The molecular weight excluding hydrogens is 389 g/mol. The summed E-state index contributed by atoms with van der Waals surface area (Å²) in [4.78, 5) is 11.7. The number of methoxy groups -OCH3 is 2. The SMILES string of the molecule is C=CC(=O)Nc1cn[nH]c1-c1n[nH]c2c1CCC(c1cc(OC)cc(OC)c1F)C2. The number of hydrogen-bond acceptors (Lipinski definition) is 5. The Bertz CT molecular complexity index is 1100. The van der Waals surface area contributed by atoms with Crippen molar-refractivity contribution in [3.63, 3.8) is 0 Å². The molecule has 156 valence electrons. The van der Waals surface area contributed by atoms with Crippen molar-refractivity contribution in [2.24, 2.45) is 0 Å². The molecule has 3 N–H and O–H groups in total. The van der Waals surface area contributed by atoms with E-state index in [0.717, 1.165) is 17.7 Å². The molecule has 1 amide bonds. The van der Waals surface area contributed by atoms with Crippen molar-refractivity contribution in [3.8, 4) is 22.9 Å². The van der Waals surface area contributed by atoms with Crippen LogP contribution in [0.4, 0.5) is 10.1 Å². The van der Waals surface area contributed by atoms with Crippen LogP contribution in [-0.4, -0.2) is 40.5 Å². The third-order valence-electron chi connectivity index (χ3n) is 5.40. The molecular formula is C21H22FN5O3. The Hall–Kier alpha value is -3.62. The minimum absolute atomic E-state index is 0.0449. The topological polar surface area (TPSA) is 105 Å². The number of aromatic amines is 2. The van der Waals surface area contributed by atoms with Gasteiger partial charge in [0.1, 0.15) is 17.1 Å². The van der Waals surface area contributed by atoms with Crippen LogP contribution >= 0.6 is 0 Å². The van der Waals surface area contributed by atoms with Gasteiger partial charge in [-0.3, -0.25) is 15.0 Å². The number of carbonyl (C=O) groups is 1. The summed E-state index contributed by atoms with van der Waals surface area (Å²) in [5.41, 5.74) is 4.37. The van der Waals surface area contributed by atoms with Crippen molar-refractivity contribution in [2.45, 2.75) is 25.2 Å². The molecule has 1 atom stereocenters. The average Bonchev–Trinajstić information content (AvgIpc) is 3.39. The van der Waals surface area contributed by atoms with Gasteiger partial charge in [-0.05, 0) is 42.9 Å². The number of aromatic nitrogens is 4. The van der Waals surface area contributed by atoms with E-state index >= 15 is 0 Å². The van der Waals surface area contributed by atoms with Crippen molar-refractivity contribution in [1.82, 2.24) is 20.4 Å². The number of anilines is 1. The van der Waals surface area contributed by atoms with E-state index < -0.39 is 0 Å². The summed E-state index contributed by atoms with van der Waals surface area (Å²) in [7, 11) is 2.98. The normalized spacial score (nSPS) is 15.4. The molecule has 1 unspecified atom stereocenters. The summed E-state index contributed by atoms with van der Waals surface area (Å²) in [5, 5.41) is 17.1. The zero-order valence-electron chi connectivity index (χ0n) is 16.7. The van der Waals surface area contributed by atoms with Crippen LogP contribution in [0.25, 0.3) is 11.4 Å². The first kappa shape index (κ1) is 19.7. The molecule has 0 aliphatic heterocycles. The van der Waals surface area contributed by atoms with Gasteiger partial charge < -0.3 is 14.8 Å². The van der Waals surface area contributed by atoms with Crippen molar-refractivity contribution >= 4 is 11.6 Å². The van der Waals surface area contributed by atoms with Gasteiger partial charge in [-0.25, -0.2) is 4.39 Å². The molecule has 9 heteroatoms. The number of benzene rings is 1. The van der Waals surface area contributed by atoms with E-state index in [0.29, 0.717) is 41.2 Å². The van der Waals surface area contributed by atoms with Crippen LogP contribution in [0, 0.1) is 5.82 Å². The van der Waals surface area contributed by atoms with Gasteiger partial charge in [-0.15, -0.1) is 0 Å². The molecule has 0 spiro atoms. The van der Waals surface area contributed by atoms with Crippen molar-refractivity contribution in [1.29, 1.82) is 0 Å². The van der Waals surface area contributed by atoms with Crippen LogP contribution in [0.5, 0.6) is 11.5 Å². The monoisotopic (exact) mass is 411 g/mol. The number of hydrogen-bond donors (Lipinski definition) is 3. The molecule has 0 saturated carbocycles. The zero-order valence-corrected chi connectivity index (χ0v) is 16.7. The van der Waals surface area contributed by atoms with Gasteiger partial charge in [-0.2, -0.15) is 10.2 Å². The van der Waals surface area contributed by atoms with Gasteiger partial charge in [0.2, 0.25) is 5.91 Å². The first-order valence-electron chi connectivity index (χ1n) is 9.50. The lowest BCUT2D eigenvalue weighted by atomic mass is 9.81. The number of rotatable bonds is 6. The summed E-state index contributed by atoms with van der Waals surface area (Å²) in [6.07, 6.45) is 4.74. The van der Waals surface area contributed by atoms with E-state index in [4.69, 9.17) is 9.47 Å². The third-order valence-corrected chi connectivity index (χ3v) is 5.40. The molecule has 0 saturated heterocycles. The molecule has 2 aromatic heterocycles. The maximum absolute atomic E-state index is 14.9. The first-order valence-corrected chi connectivity index (χ1v) is 9.50. The Kier molecular flexibility index (Phi) is 5.26. The van der Waals surface area contributed by atoms with Gasteiger partial charge in [0.25, 0.3) is 0 Å². The van der Waals surface area contributed by atoms with E-state index in [1.165, 1.54) is 19.4 Å². The van der Waals surface area contributed by atoms with Crippen LogP contribution in [0.3, 0.4) is 0 Å². The standard InChI is InChI=1S/C21H22FN5O3/c1-4-18(28)24-16-10-23-26-21(16)20-13-6-5-11(7-15(13)25-27-20)14-8-12(29-2)9-17(30-3)19(14)22/h4,8-11H,1,5-7H2,2-3H3,(H,23,26)(H,24,28)(H,25,27). The van der Waals surface area contributed by atoms with Crippen LogP contribution in [0.2, 0.25) is 0 Å². The third kappa shape index (κ3) is 3.42. The summed E-state index contributed by atoms with van der Waals surface area (Å²) in [5.74, 6) is -0.0181. The van der Waals surface area contributed by atoms with E-state index in [2.05, 4.69) is 32.3 Å². The Morgan fingerprint density at radius 3 is 2.90 bits per heavy atom. The number of carbonyl (C=O) groups excluding carboxylic acids is 1. The maximum atomic E-state index is 14.9. The summed E-state index contributed by atoms with van der Waals surface area (Å²) in [6, 6.07) is 3.27. The lowest BCUT2D eigenvalue weighted by molar-refractivity contribution is -0.111. The highest BCUT2D eigenvalue weighted by molar-refractivity contribution is 6.01. The van der Waals surface area contributed by atoms with E-state index in [9.17, 15) is 9.18 Å². The first-order chi connectivity index (χ1) is 14.5. The van der Waals surface area contributed by atoms with E-state index in [1.54, 1.807) is 19.2 Å². The highest BCUT2D eigenvalue weighted by Gasteiger charge is 2.29. The number of nitrogens with zero attached hydrogens (tertiary/aromatic N) is 2. The second kappa shape index (κ2) is 8.02. The number of nitrogens with one attached hydrogen (secondary N) is 3. The van der Waals surface area contributed by atoms with Crippen LogP contribution in [0.1, 0.15) is 29.2 Å². The molecule has 1 aliphatic carbocycles. The fourth-order valence-corrected chi connectivity index (χ4v) is 3.88. The van der Waals surface area contributed by atoms with Gasteiger partial charge in [0.15, 0.2) is 11.6 Å². The van der Waals surface area contributed by atoms with E-state index in [1.807, 2.05) is 0 Å². The smallest absolute Gasteiger partial charge is 0.247 e. The lowest BCUT2D eigenvalue weighted by Gasteiger charge is -2.24. The number of H-pyrrole nitrogens is 2. The number of ether oxygens (including phenoxy) is 2. The predicted octanol–water partition coefficient (Wildman–Crippen LogP) is 3.35. The van der Waals surface area contributed by atoms with Crippen molar-refractivity contribution in [3.05, 3.63) is 53.6 Å². The Balaban J connectivity index is 1.64. The summed E-state index contributed by atoms with van der Waals surface area (Å²) >= 11 is 0. The minimum Gasteiger partial charge on any atom is -0.497 e. The van der Waals surface area contributed by atoms with Crippen LogP contribution in [0.15, 0.2) is 31.0 Å². The summed E-state index contributed by atoms with van der Waals surface area (Å²) in [6.45, 7) is 3.46. The Labute approximate surface area is 172 Å². The quantitative estimate of drug-likeness (QED) is 0.540. The number of halogens is 1. The zero-order chi connectivity index (χ0) is 21.3. The Morgan fingerprint density at radius 1 is 1.33 bits per heavy atom. The molecule has 0 bridgehead atoms.